The maximum atomic E-state index is 13.0. The summed E-state index contributed by atoms with van der Waals surface area (Å²) in [5, 5.41) is 2.43. The summed E-state index contributed by atoms with van der Waals surface area (Å²) in [4.78, 5) is 24.5. The van der Waals surface area contributed by atoms with Gasteiger partial charge < -0.3 is 10.1 Å². The fourth-order valence-corrected chi connectivity index (χ4v) is 3.02. The number of hydrogen-bond acceptors (Lipinski definition) is 5. The molecule has 0 radical (unpaired) electrons. The number of halogens is 2. The first-order chi connectivity index (χ1) is 12.5. The van der Waals surface area contributed by atoms with Crippen molar-refractivity contribution >= 4 is 39.0 Å². The monoisotopic (exact) mass is 413 g/mol. The minimum absolute atomic E-state index is 0.00132. The lowest BCUT2D eigenvalue weighted by Gasteiger charge is -2.15. The number of benzene rings is 2. The van der Waals surface area contributed by atoms with E-state index < -0.39 is 33.6 Å². The fraction of sp³-hybridized carbons (Fsp3) is 0.222. The van der Waals surface area contributed by atoms with Crippen molar-refractivity contribution in [3.8, 4) is 0 Å². The summed E-state index contributed by atoms with van der Waals surface area (Å²) in [7, 11) is -3.50. The van der Waals surface area contributed by atoms with E-state index in [-0.39, 0.29) is 21.2 Å². The van der Waals surface area contributed by atoms with Gasteiger partial charge in [0.1, 0.15) is 5.82 Å². The highest BCUT2D eigenvalue weighted by Gasteiger charge is 2.22. The van der Waals surface area contributed by atoms with Crippen LogP contribution in [0.15, 0.2) is 41.3 Å². The normalized spacial score (nSPS) is 12.3. The highest BCUT2D eigenvalue weighted by molar-refractivity contribution is 7.90. The molecular weight excluding hydrogens is 397 g/mol. The zero-order valence-corrected chi connectivity index (χ0v) is 16.3. The third-order valence-electron chi connectivity index (χ3n) is 3.70. The van der Waals surface area contributed by atoms with E-state index in [1.165, 1.54) is 31.2 Å². The molecule has 2 rings (SSSR count). The van der Waals surface area contributed by atoms with Crippen molar-refractivity contribution in [3.63, 3.8) is 0 Å². The first-order valence-electron chi connectivity index (χ1n) is 7.76. The Bertz CT molecular complexity index is 1010. The van der Waals surface area contributed by atoms with Crippen molar-refractivity contribution in [2.24, 2.45) is 0 Å². The Morgan fingerprint density at radius 2 is 1.85 bits per heavy atom. The fourth-order valence-electron chi connectivity index (χ4n) is 2.15. The Labute approximate surface area is 161 Å². The topological polar surface area (TPSA) is 89.5 Å². The van der Waals surface area contributed by atoms with Crippen LogP contribution in [0.2, 0.25) is 5.02 Å². The van der Waals surface area contributed by atoms with Gasteiger partial charge in [0, 0.05) is 6.26 Å². The molecule has 0 aliphatic heterocycles. The molecule has 0 unspecified atom stereocenters. The Hall–Kier alpha value is -2.45. The first-order valence-corrected chi connectivity index (χ1v) is 10.0. The van der Waals surface area contributed by atoms with E-state index in [2.05, 4.69) is 5.32 Å². The zero-order chi connectivity index (χ0) is 20.4. The van der Waals surface area contributed by atoms with Crippen molar-refractivity contribution in [1.29, 1.82) is 0 Å². The van der Waals surface area contributed by atoms with Crippen LogP contribution in [0.3, 0.4) is 0 Å². The number of anilines is 1. The number of nitrogens with one attached hydrogen (secondary N) is 1. The predicted molar refractivity (Wildman–Crippen MR) is 99.2 cm³/mol. The highest BCUT2D eigenvalue weighted by Crippen LogP contribution is 2.23. The van der Waals surface area contributed by atoms with Crippen LogP contribution in [-0.2, 0) is 19.4 Å². The molecule has 0 saturated heterocycles. The van der Waals surface area contributed by atoms with Crippen LogP contribution in [-0.4, -0.2) is 32.7 Å². The van der Waals surface area contributed by atoms with Crippen molar-refractivity contribution in [2.75, 3.05) is 11.6 Å². The van der Waals surface area contributed by atoms with Crippen molar-refractivity contribution < 1.29 is 27.1 Å². The number of carbonyl (C=O) groups is 2. The molecular formula is C18H17ClFNO5S. The van der Waals surface area contributed by atoms with E-state index in [0.717, 1.165) is 18.4 Å². The molecule has 0 fully saturated rings. The maximum absolute atomic E-state index is 13.0. The van der Waals surface area contributed by atoms with E-state index in [1.54, 1.807) is 6.92 Å². The third-order valence-corrected chi connectivity index (χ3v) is 5.12. The molecule has 6 nitrogen and oxygen atoms in total. The van der Waals surface area contributed by atoms with Gasteiger partial charge in [0.05, 0.1) is 21.2 Å². The number of amides is 1. The van der Waals surface area contributed by atoms with Gasteiger partial charge in [-0.1, -0.05) is 17.7 Å². The van der Waals surface area contributed by atoms with Crippen LogP contribution in [0.1, 0.15) is 22.8 Å². The Kier molecular flexibility index (Phi) is 6.22. The molecule has 1 N–H and O–H groups in total. The summed E-state index contributed by atoms with van der Waals surface area (Å²) in [6.07, 6.45) is -0.171. The largest absolute Gasteiger partial charge is 0.449 e. The van der Waals surface area contributed by atoms with Crippen LogP contribution in [0.25, 0.3) is 0 Å². The molecule has 0 spiro atoms. The second kappa shape index (κ2) is 8.06. The van der Waals surface area contributed by atoms with Crippen molar-refractivity contribution in [1.82, 2.24) is 0 Å². The molecule has 0 bridgehead atoms. The molecule has 2 aromatic carbocycles. The van der Waals surface area contributed by atoms with Crippen LogP contribution < -0.4 is 5.32 Å². The molecule has 1 amide bonds. The average molecular weight is 414 g/mol. The van der Waals surface area contributed by atoms with E-state index in [0.29, 0.717) is 5.56 Å². The summed E-state index contributed by atoms with van der Waals surface area (Å²) in [6, 6.07) is 7.51. The lowest BCUT2D eigenvalue weighted by atomic mass is 10.1. The molecule has 2 aromatic rings. The van der Waals surface area contributed by atoms with Crippen LogP contribution >= 0.6 is 11.6 Å². The van der Waals surface area contributed by atoms with Crippen LogP contribution in [0, 0.1) is 12.7 Å². The van der Waals surface area contributed by atoms with Crippen molar-refractivity contribution in [2.45, 2.75) is 24.8 Å². The van der Waals surface area contributed by atoms with Crippen LogP contribution in [0.5, 0.6) is 0 Å². The average Bonchev–Trinajstić information content (AvgIpc) is 2.56. The minimum atomic E-state index is -3.50. The molecule has 0 heterocycles. The van der Waals surface area contributed by atoms with Crippen LogP contribution in [0.4, 0.5) is 10.1 Å². The lowest BCUT2D eigenvalue weighted by Crippen LogP contribution is -2.30. The van der Waals surface area contributed by atoms with Gasteiger partial charge in [-0.05, 0) is 49.7 Å². The summed E-state index contributed by atoms with van der Waals surface area (Å²) >= 11 is 5.84. The molecule has 0 saturated carbocycles. The number of aryl methyl sites for hydroxylation is 1. The smallest absolute Gasteiger partial charge is 0.339 e. The summed E-state index contributed by atoms with van der Waals surface area (Å²) in [5.74, 6) is -2.07. The number of esters is 1. The number of hydrogen-bond donors (Lipinski definition) is 1. The van der Waals surface area contributed by atoms with E-state index >= 15 is 0 Å². The number of carbonyl (C=O) groups excluding carboxylic acids is 2. The Balaban J connectivity index is 2.14. The number of ether oxygens (including phenoxy) is 1. The van der Waals surface area contributed by atoms with Crippen molar-refractivity contribution in [3.05, 3.63) is 58.4 Å². The molecule has 1 atom stereocenters. The standard InChI is InChI=1S/C18H17ClFNO5S/c1-10-4-6-13(27(3,24)25)9-14(10)18(23)26-11(2)17(22)21-16-7-5-12(20)8-15(16)19/h4-9,11H,1-3H3,(H,21,22)/t11-/m1/s1. The molecule has 27 heavy (non-hydrogen) atoms. The quantitative estimate of drug-likeness (QED) is 0.759. The second-order valence-corrected chi connectivity index (χ2v) is 8.33. The molecule has 9 heteroatoms. The molecule has 0 aliphatic carbocycles. The van der Waals surface area contributed by atoms with Gasteiger partial charge in [-0.25, -0.2) is 17.6 Å². The van der Waals surface area contributed by atoms with Gasteiger partial charge in [0.25, 0.3) is 5.91 Å². The first kappa shape index (κ1) is 20.9. The summed E-state index contributed by atoms with van der Waals surface area (Å²) in [5.41, 5.74) is 0.709. The highest BCUT2D eigenvalue weighted by atomic mass is 35.5. The predicted octanol–water partition coefficient (Wildman–Crippen LogP) is 3.38. The second-order valence-electron chi connectivity index (χ2n) is 5.91. The maximum Gasteiger partial charge on any atom is 0.339 e. The van der Waals surface area contributed by atoms with Gasteiger partial charge in [-0.2, -0.15) is 0 Å². The number of rotatable bonds is 5. The number of sulfone groups is 1. The Morgan fingerprint density at radius 3 is 2.44 bits per heavy atom. The zero-order valence-electron chi connectivity index (χ0n) is 14.7. The molecule has 0 aliphatic rings. The molecule has 0 aromatic heterocycles. The van der Waals surface area contributed by atoms with E-state index in [9.17, 15) is 22.4 Å². The van der Waals surface area contributed by atoms with Gasteiger partial charge in [-0.15, -0.1) is 0 Å². The van der Waals surface area contributed by atoms with Gasteiger partial charge in [-0.3, -0.25) is 4.79 Å². The third kappa shape index (κ3) is 5.27. The SMILES string of the molecule is Cc1ccc(S(C)(=O)=O)cc1C(=O)O[C@H](C)C(=O)Nc1ccc(F)cc1Cl. The van der Waals surface area contributed by atoms with Gasteiger partial charge in [0.15, 0.2) is 15.9 Å². The lowest BCUT2D eigenvalue weighted by molar-refractivity contribution is -0.123. The summed E-state index contributed by atoms with van der Waals surface area (Å²) in [6.45, 7) is 2.96. The van der Waals surface area contributed by atoms with E-state index in [1.807, 2.05) is 0 Å². The Morgan fingerprint density at radius 1 is 1.19 bits per heavy atom. The van der Waals surface area contributed by atoms with Gasteiger partial charge in [0.2, 0.25) is 0 Å². The molecule has 144 valence electrons. The summed E-state index contributed by atoms with van der Waals surface area (Å²) < 4.78 is 41.5. The van der Waals surface area contributed by atoms with E-state index in [4.69, 9.17) is 16.3 Å². The minimum Gasteiger partial charge on any atom is -0.449 e. The van der Waals surface area contributed by atoms with Gasteiger partial charge >= 0.3 is 5.97 Å².